The van der Waals surface area contributed by atoms with Gasteiger partial charge in [0, 0.05) is 39.8 Å². The van der Waals surface area contributed by atoms with Crippen LogP contribution in [-0.2, 0) is 6.18 Å². The molecule has 0 aliphatic heterocycles. The predicted molar refractivity (Wildman–Crippen MR) is 96.3 cm³/mol. The van der Waals surface area contributed by atoms with E-state index < -0.39 is 17.6 Å². The summed E-state index contributed by atoms with van der Waals surface area (Å²) in [5.41, 5.74) is 5.88. The number of amides is 1. The quantitative estimate of drug-likeness (QED) is 0.679. The molecule has 0 radical (unpaired) electrons. The summed E-state index contributed by atoms with van der Waals surface area (Å²) in [5.74, 6) is -0.489. The van der Waals surface area contributed by atoms with E-state index in [0.29, 0.717) is 16.1 Å². The van der Waals surface area contributed by atoms with Crippen LogP contribution < -0.4 is 11.1 Å². The maximum absolute atomic E-state index is 12.8. The second-order valence-electron chi connectivity index (χ2n) is 5.56. The van der Waals surface area contributed by atoms with Gasteiger partial charge in [-0.15, -0.1) is 0 Å². The third-order valence-electron chi connectivity index (χ3n) is 3.66. The van der Waals surface area contributed by atoms with Crippen molar-refractivity contribution in [1.82, 2.24) is 9.97 Å². The summed E-state index contributed by atoms with van der Waals surface area (Å²) in [6.07, 6.45) is -1.58. The van der Waals surface area contributed by atoms with Crippen molar-refractivity contribution in [2.45, 2.75) is 6.18 Å². The Morgan fingerprint density at radius 1 is 1.07 bits per heavy atom. The SMILES string of the molecule is Nc1ncc(-c2cc(C(=O)Nc3cccc(C(F)(F)F)c3)ccc2Cl)cn1. The number of hydrogen-bond donors (Lipinski definition) is 2. The molecule has 9 heteroatoms. The number of nitrogens with one attached hydrogen (secondary N) is 1. The third-order valence-corrected chi connectivity index (χ3v) is 3.99. The van der Waals surface area contributed by atoms with Gasteiger partial charge in [-0.1, -0.05) is 17.7 Å². The standard InChI is InChI=1S/C18H12ClF3N4O/c19-15-5-4-10(6-14(15)11-8-24-17(23)25-9-11)16(27)26-13-3-1-2-12(7-13)18(20,21)22/h1-9H,(H,26,27)(H2,23,24,25). The molecule has 5 nitrogen and oxygen atoms in total. The monoisotopic (exact) mass is 392 g/mol. The zero-order valence-corrected chi connectivity index (χ0v) is 14.3. The molecule has 0 saturated carbocycles. The minimum absolute atomic E-state index is 0.0298. The van der Waals surface area contributed by atoms with Crippen molar-refractivity contribution < 1.29 is 18.0 Å². The van der Waals surface area contributed by atoms with Gasteiger partial charge in [0.05, 0.1) is 5.56 Å². The van der Waals surface area contributed by atoms with Gasteiger partial charge in [-0.25, -0.2) is 9.97 Å². The number of rotatable bonds is 3. The summed E-state index contributed by atoms with van der Waals surface area (Å²) in [7, 11) is 0. The van der Waals surface area contributed by atoms with Crippen molar-refractivity contribution in [3.05, 3.63) is 71.0 Å². The summed E-state index contributed by atoms with van der Waals surface area (Å²) in [6, 6.07) is 8.86. The fourth-order valence-electron chi connectivity index (χ4n) is 2.34. The Hall–Kier alpha value is -3.13. The van der Waals surface area contributed by atoms with Crippen molar-refractivity contribution in [2.75, 3.05) is 11.1 Å². The summed E-state index contributed by atoms with van der Waals surface area (Å²) in [6.45, 7) is 0. The number of alkyl halides is 3. The summed E-state index contributed by atoms with van der Waals surface area (Å²) >= 11 is 6.16. The Labute approximate surface area is 157 Å². The zero-order valence-electron chi connectivity index (χ0n) is 13.6. The normalized spacial score (nSPS) is 11.3. The van der Waals surface area contributed by atoms with Crippen molar-refractivity contribution >= 4 is 29.1 Å². The highest BCUT2D eigenvalue weighted by Crippen LogP contribution is 2.31. The lowest BCUT2D eigenvalue weighted by atomic mass is 10.1. The van der Waals surface area contributed by atoms with Gasteiger partial charge in [0.15, 0.2) is 0 Å². The average Bonchev–Trinajstić information content (AvgIpc) is 2.62. The molecule has 1 aromatic heterocycles. The van der Waals surface area contributed by atoms with Gasteiger partial charge < -0.3 is 11.1 Å². The number of nitrogen functional groups attached to an aromatic ring is 1. The number of benzene rings is 2. The molecular weight excluding hydrogens is 381 g/mol. The van der Waals surface area contributed by atoms with Gasteiger partial charge in [-0.05, 0) is 36.4 Å². The number of anilines is 2. The van der Waals surface area contributed by atoms with Crippen LogP contribution in [0.4, 0.5) is 24.8 Å². The fourth-order valence-corrected chi connectivity index (χ4v) is 2.57. The van der Waals surface area contributed by atoms with Gasteiger partial charge >= 0.3 is 6.18 Å². The second kappa shape index (κ2) is 7.24. The Kier molecular flexibility index (Phi) is 5.00. The molecule has 0 unspecified atom stereocenters. The molecule has 3 N–H and O–H groups in total. The van der Waals surface area contributed by atoms with Crippen LogP contribution >= 0.6 is 11.6 Å². The molecule has 0 aliphatic rings. The average molecular weight is 393 g/mol. The summed E-state index contributed by atoms with van der Waals surface area (Å²) in [4.78, 5) is 20.2. The van der Waals surface area contributed by atoms with Crippen LogP contribution in [0.3, 0.4) is 0 Å². The van der Waals surface area contributed by atoms with E-state index in [0.717, 1.165) is 12.1 Å². The fraction of sp³-hybridized carbons (Fsp3) is 0.0556. The van der Waals surface area contributed by atoms with E-state index >= 15 is 0 Å². The lowest BCUT2D eigenvalue weighted by molar-refractivity contribution is -0.137. The van der Waals surface area contributed by atoms with E-state index in [4.69, 9.17) is 17.3 Å². The van der Waals surface area contributed by atoms with E-state index in [2.05, 4.69) is 15.3 Å². The topological polar surface area (TPSA) is 80.9 Å². The molecular formula is C18H12ClF3N4O. The predicted octanol–water partition coefficient (Wildman–Crippen LogP) is 4.65. The summed E-state index contributed by atoms with van der Waals surface area (Å²) < 4.78 is 38.4. The van der Waals surface area contributed by atoms with Gasteiger partial charge in [-0.2, -0.15) is 13.2 Å². The van der Waals surface area contributed by atoms with Crippen LogP contribution in [0.15, 0.2) is 54.9 Å². The molecule has 0 atom stereocenters. The van der Waals surface area contributed by atoms with Gasteiger partial charge in [-0.3, -0.25) is 4.79 Å². The minimum atomic E-state index is -4.50. The number of aromatic nitrogens is 2. The minimum Gasteiger partial charge on any atom is -0.368 e. The Balaban J connectivity index is 1.88. The maximum atomic E-state index is 12.8. The van der Waals surface area contributed by atoms with E-state index in [-0.39, 0.29) is 17.2 Å². The molecule has 1 heterocycles. The van der Waals surface area contributed by atoms with Gasteiger partial charge in [0.1, 0.15) is 0 Å². The summed E-state index contributed by atoms with van der Waals surface area (Å²) in [5, 5.41) is 2.80. The largest absolute Gasteiger partial charge is 0.416 e. The van der Waals surface area contributed by atoms with Crippen LogP contribution in [0.1, 0.15) is 15.9 Å². The van der Waals surface area contributed by atoms with Crippen molar-refractivity contribution in [1.29, 1.82) is 0 Å². The number of hydrogen-bond acceptors (Lipinski definition) is 4. The first-order chi connectivity index (χ1) is 12.7. The molecule has 0 spiro atoms. The molecule has 0 bridgehead atoms. The first-order valence-corrected chi connectivity index (χ1v) is 7.98. The van der Waals surface area contributed by atoms with Crippen molar-refractivity contribution in [2.24, 2.45) is 0 Å². The van der Waals surface area contributed by atoms with E-state index in [9.17, 15) is 18.0 Å². The molecule has 0 saturated heterocycles. The van der Waals surface area contributed by atoms with Crippen LogP contribution in [-0.4, -0.2) is 15.9 Å². The van der Waals surface area contributed by atoms with E-state index in [1.165, 1.54) is 42.7 Å². The molecule has 3 aromatic rings. The number of carbonyl (C=O) groups is 1. The van der Waals surface area contributed by atoms with E-state index in [1.54, 1.807) is 0 Å². The highest BCUT2D eigenvalue weighted by Gasteiger charge is 2.30. The molecule has 138 valence electrons. The van der Waals surface area contributed by atoms with Crippen molar-refractivity contribution in [3.8, 4) is 11.1 Å². The van der Waals surface area contributed by atoms with Gasteiger partial charge in [0.2, 0.25) is 5.95 Å². The van der Waals surface area contributed by atoms with Crippen LogP contribution in [0, 0.1) is 0 Å². The second-order valence-corrected chi connectivity index (χ2v) is 5.96. The third kappa shape index (κ3) is 4.35. The first kappa shape index (κ1) is 18.7. The van der Waals surface area contributed by atoms with Crippen LogP contribution in [0.25, 0.3) is 11.1 Å². The molecule has 2 aromatic carbocycles. The molecule has 27 heavy (non-hydrogen) atoms. The number of nitrogens with two attached hydrogens (primary N) is 1. The highest BCUT2D eigenvalue weighted by molar-refractivity contribution is 6.33. The molecule has 0 aliphatic carbocycles. The lowest BCUT2D eigenvalue weighted by Crippen LogP contribution is -2.13. The highest BCUT2D eigenvalue weighted by atomic mass is 35.5. The number of carbonyl (C=O) groups excluding carboxylic acids is 1. The first-order valence-electron chi connectivity index (χ1n) is 7.60. The lowest BCUT2D eigenvalue weighted by Gasteiger charge is -2.11. The van der Waals surface area contributed by atoms with Gasteiger partial charge in [0.25, 0.3) is 5.91 Å². The Morgan fingerprint density at radius 3 is 2.44 bits per heavy atom. The Morgan fingerprint density at radius 2 is 1.78 bits per heavy atom. The molecule has 0 fully saturated rings. The number of halogens is 4. The number of nitrogens with zero attached hydrogens (tertiary/aromatic N) is 2. The van der Waals surface area contributed by atoms with Crippen LogP contribution in [0.5, 0.6) is 0 Å². The van der Waals surface area contributed by atoms with Crippen LogP contribution in [0.2, 0.25) is 5.02 Å². The molecule has 1 amide bonds. The molecule has 3 rings (SSSR count). The smallest absolute Gasteiger partial charge is 0.368 e. The van der Waals surface area contributed by atoms with Crippen molar-refractivity contribution in [3.63, 3.8) is 0 Å². The maximum Gasteiger partial charge on any atom is 0.416 e. The Bertz CT molecular complexity index is 991. The zero-order chi connectivity index (χ0) is 19.6. The van der Waals surface area contributed by atoms with E-state index in [1.807, 2.05) is 0 Å².